The number of carbonyl (C=O) groups is 1. The van der Waals surface area contributed by atoms with Gasteiger partial charge in [-0.25, -0.2) is 4.68 Å². The minimum absolute atomic E-state index is 0.112. The smallest absolute Gasteiger partial charge is 0.266 e. The van der Waals surface area contributed by atoms with E-state index < -0.39 is 0 Å². The van der Waals surface area contributed by atoms with Gasteiger partial charge in [-0.3, -0.25) is 9.59 Å². The van der Waals surface area contributed by atoms with Gasteiger partial charge in [-0.05, 0) is 53.6 Å². The Kier molecular flexibility index (Phi) is 7.35. The largest absolute Gasteiger partial charge is 0.497 e. The zero-order valence-corrected chi connectivity index (χ0v) is 18.8. The Bertz CT molecular complexity index is 1280. The SMILES string of the molecule is COc1ccc(-c2ccc(=O)n(CCNC(=O)COc3ccc(-c4ccccc4)cc3)n2)cc1. The molecule has 0 aliphatic rings. The molecule has 0 radical (unpaired) electrons. The van der Waals surface area contributed by atoms with E-state index in [9.17, 15) is 9.59 Å². The molecule has 34 heavy (non-hydrogen) atoms. The molecule has 4 rings (SSSR count). The first-order chi connectivity index (χ1) is 16.6. The molecular formula is C27H25N3O4. The summed E-state index contributed by atoms with van der Waals surface area (Å²) in [6.07, 6.45) is 0. The third-order valence-electron chi connectivity index (χ3n) is 5.23. The maximum absolute atomic E-state index is 12.2. The maximum Gasteiger partial charge on any atom is 0.266 e. The molecular weight excluding hydrogens is 430 g/mol. The number of methoxy groups -OCH3 is 1. The first-order valence-electron chi connectivity index (χ1n) is 10.9. The van der Waals surface area contributed by atoms with Crippen LogP contribution in [0.15, 0.2) is 95.8 Å². The molecule has 0 aliphatic heterocycles. The van der Waals surface area contributed by atoms with E-state index in [1.54, 1.807) is 13.2 Å². The van der Waals surface area contributed by atoms with Crippen LogP contribution in [0.5, 0.6) is 11.5 Å². The molecule has 0 saturated heterocycles. The summed E-state index contributed by atoms with van der Waals surface area (Å²) < 4.78 is 12.1. The number of aromatic nitrogens is 2. The normalized spacial score (nSPS) is 10.5. The van der Waals surface area contributed by atoms with Gasteiger partial charge in [0.25, 0.3) is 11.5 Å². The number of hydrogen-bond donors (Lipinski definition) is 1. The molecule has 3 aromatic carbocycles. The number of ether oxygens (including phenoxy) is 2. The molecule has 1 N–H and O–H groups in total. The van der Waals surface area contributed by atoms with Gasteiger partial charge in [0.2, 0.25) is 0 Å². The highest BCUT2D eigenvalue weighted by Gasteiger charge is 2.07. The Morgan fingerprint density at radius 3 is 2.18 bits per heavy atom. The summed E-state index contributed by atoms with van der Waals surface area (Å²) in [5, 5.41) is 7.16. The first kappa shape index (κ1) is 22.8. The third-order valence-corrected chi connectivity index (χ3v) is 5.23. The summed E-state index contributed by atoms with van der Waals surface area (Å²) in [7, 11) is 1.61. The van der Waals surface area contributed by atoms with E-state index >= 15 is 0 Å². The second kappa shape index (κ2) is 11.0. The van der Waals surface area contributed by atoms with E-state index in [2.05, 4.69) is 10.4 Å². The third kappa shape index (κ3) is 5.89. The molecule has 0 fully saturated rings. The first-order valence-corrected chi connectivity index (χ1v) is 10.9. The average molecular weight is 456 g/mol. The van der Waals surface area contributed by atoms with Crippen LogP contribution in [0.3, 0.4) is 0 Å². The summed E-state index contributed by atoms with van der Waals surface area (Å²) in [4.78, 5) is 24.3. The van der Waals surface area contributed by atoms with Crippen molar-refractivity contribution < 1.29 is 14.3 Å². The van der Waals surface area contributed by atoms with Crippen LogP contribution in [-0.2, 0) is 11.3 Å². The number of nitrogens with one attached hydrogen (secondary N) is 1. The molecule has 4 aromatic rings. The number of hydrogen-bond acceptors (Lipinski definition) is 5. The van der Waals surface area contributed by atoms with Crippen molar-refractivity contribution in [1.82, 2.24) is 15.1 Å². The van der Waals surface area contributed by atoms with Crippen LogP contribution in [0.4, 0.5) is 0 Å². The fourth-order valence-electron chi connectivity index (χ4n) is 3.40. The highest BCUT2D eigenvalue weighted by Crippen LogP contribution is 2.22. The fraction of sp³-hybridized carbons (Fsp3) is 0.148. The highest BCUT2D eigenvalue weighted by atomic mass is 16.5. The summed E-state index contributed by atoms with van der Waals surface area (Å²) >= 11 is 0. The van der Waals surface area contributed by atoms with Gasteiger partial charge in [0.1, 0.15) is 11.5 Å². The lowest BCUT2D eigenvalue weighted by molar-refractivity contribution is -0.123. The second-order valence-electron chi connectivity index (χ2n) is 7.54. The minimum atomic E-state index is -0.272. The van der Waals surface area contributed by atoms with Crippen molar-refractivity contribution >= 4 is 5.91 Å². The number of rotatable bonds is 9. The van der Waals surface area contributed by atoms with E-state index in [0.29, 0.717) is 11.4 Å². The van der Waals surface area contributed by atoms with Crippen LogP contribution in [0.1, 0.15) is 0 Å². The quantitative estimate of drug-likeness (QED) is 0.415. The van der Waals surface area contributed by atoms with Crippen molar-refractivity contribution in [2.75, 3.05) is 20.3 Å². The van der Waals surface area contributed by atoms with E-state index in [1.165, 1.54) is 10.7 Å². The molecule has 1 heterocycles. The predicted molar refractivity (Wildman–Crippen MR) is 131 cm³/mol. The molecule has 0 saturated carbocycles. The van der Waals surface area contributed by atoms with Crippen LogP contribution in [0.2, 0.25) is 0 Å². The Balaban J connectivity index is 1.27. The van der Waals surface area contributed by atoms with Crippen molar-refractivity contribution in [3.63, 3.8) is 0 Å². The fourth-order valence-corrected chi connectivity index (χ4v) is 3.40. The standard InChI is InChI=1S/C27H25N3O4/c1-33-23-11-9-22(10-12-23)25-15-16-27(32)30(29-25)18-17-28-26(31)19-34-24-13-7-21(8-14-24)20-5-3-2-4-6-20/h2-16H,17-19H2,1H3,(H,28,31). The molecule has 0 atom stereocenters. The molecule has 172 valence electrons. The molecule has 0 bridgehead atoms. The van der Waals surface area contributed by atoms with Gasteiger partial charge < -0.3 is 14.8 Å². The Morgan fingerprint density at radius 2 is 1.47 bits per heavy atom. The van der Waals surface area contributed by atoms with Crippen molar-refractivity contribution in [3.05, 3.63) is 101 Å². The summed E-state index contributed by atoms with van der Waals surface area (Å²) in [6, 6.07) is 28.2. The highest BCUT2D eigenvalue weighted by molar-refractivity contribution is 5.77. The second-order valence-corrected chi connectivity index (χ2v) is 7.54. The zero-order valence-electron chi connectivity index (χ0n) is 18.8. The average Bonchev–Trinajstić information content (AvgIpc) is 2.89. The molecule has 0 aliphatic carbocycles. The van der Waals surface area contributed by atoms with Crippen molar-refractivity contribution in [2.24, 2.45) is 0 Å². The van der Waals surface area contributed by atoms with Crippen molar-refractivity contribution in [3.8, 4) is 33.9 Å². The Morgan fingerprint density at radius 1 is 0.824 bits per heavy atom. The van der Waals surface area contributed by atoms with Gasteiger partial charge in [0.05, 0.1) is 19.3 Å². The lowest BCUT2D eigenvalue weighted by Crippen LogP contribution is -2.34. The zero-order chi connectivity index (χ0) is 23.8. The monoisotopic (exact) mass is 455 g/mol. The number of nitrogens with zero attached hydrogens (tertiary/aromatic N) is 2. The van der Waals surface area contributed by atoms with Crippen LogP contribution >= 0.6 is 0 Å². The van der Waals surface area contributed by atoms with Crippen LogP contribution in [0, 0.1) is 0 Å². The van der Waals surface area contributed by atoms with Crippen LogP contribution in [-0.4, -0.2) is 35.9 Å². The molecule has 1 aromatic heterocycles. The van der Waals surface area contributed by atoms with Gasteiger partial charge in [-0.2, -0.15) is 5.10 Å². The maximum atomic E-state index is 12.2. The van der Waals surface area contributed by atoms with Crippen LogP contribution < -0.4 is 20.3 Å². The summed E-state index contributed by atoms with van der Waals surface area (Å²) in [5.41, 5.74) is 3.49. The van der Waals surface area contributed by atoms with Gasteiger partial charge in [0.15, 0.2) is 6.61 Å². The van der Waals surface area contributed by atoms with Crippen molar-refractivity contribution in [2.45, 2.75) is 6.54 Å². The van der Waals surface area contributed by atoms with Gasteiger partial charge in [-0.15, -0.1) is 0 Å². The lowest BCUT2D eigenvalue weighted by atomic mass is 10.1. The van der Waals surface area contributed by atoms with E-state index in [4.69, 9.17) is 9.47 Å². The molecule has 1 amide bonds. The lowest BCUT2D eigenvalue weighted by Gasteiger charge is -2.10. The topological polar surface area (TPSA) is 82.5 Å². The Hall–Kier alpha value is -4.39. The molecule has 0 unspecified atom stereocenters. The number of carbonyl (C=O) groups excluding carboxylic acids is 1. The molecule has 7 nitrogen and oxygen atoms in total. The Labute approximate surface area is 197 Å². The number of amides is 1. The summed E-state index contributed by atoms with van der Waals surface area (Å²) in [6.45, 7) is 0.396. The van der Waals surface area contributed by atoms with Crippen LogP contribution in [0.25, 0.3) is 22.4 Å². The van der Waals surface area contributed by atoms with Gasteiger partial charge in [-0.1, -0.05) is 42.5 Å². The van der Waals surface area contributed by atoms with E-state index in [-0.39, 0.29) is 31.2 Å². The van der Waals surface area contributed by atoms with E-state index in [1.807, 2.05) is 78.9 Å². The summed E-state index contributed by atoms with van der Waals surface area (Å²) in [5.74, 6) is 1.08. The van der Waals surface area contributed by atoms with Gasteiger partial charge in [0, 0.05) is 18.2 Å². The predicted octanol–water partition coefficient (Wildman–Crippen LogP) is 3.78. The number of benzene rings is 3. The van der Waals surface area contributed by atoms with Gasteiger partial charge >= 0.3 is 0 Å². The minimum Gasteiger partial charge on any atom is -0.497 e. The molecule has 0 spiro atoms. The van der Waals surface area contributed by atoms with E-state index in [0.717, 1.165) is 22.4 Å². The van der Waals surface area contributed by atoms with Crippen molar-refractivity contribution in [1.29, 1.82) is 0 Å². The molecule has 7 heteroatoms.